The van der Waals surface area contributed by atoms with Gasteiger partial charge in [-0.25, -0.2) is 0 Å². The van der Waals surface area contributed by atoms with Crippen LogP contribution in [0.4, 0.5) is 5.69 Å². The van der Waals surface area contributed by atoms with E-state index in [-0.39, 0.29) is 11.5 Å². The van der Waals surface area contributed by atoms with Gasteiger partial charge in [0.2, 0.25) is 5.71 Å². The van der Waals surface area contributed by atoms with Crippen molar-refractivity contribution in [2.45, 2.75) is 6.92 Å². The molecule has 2 aromatic rings. The fourth-order valence-corrected chi connectivity index (χ4v) is 2.34. The average Bonchev–Trinajstić information content (AvgIpc) is 2.53. The highest BCUT2D eigenvalue weighted by atomic mass is 79.9. The van der Waals surface area contributed by atoms with Gasteiger partial charge in [-0.1, -0.05) is 30.3 Å². The first-order valence-electron chi connectivity index (χ1n) is 6.30. The van der Waals surface area contributed by atoms with Crippen LogP contribution in [0.5, 0.6) is 5.75 Å². The number of phenolic OH excluding ortho intramolecular Hbond substituents is 1. The normalized spacial score (nSPS) is 9.45. The lowest BCUT2D eigenvalue weighted by molar-refractivity contribution is 0.477. The van der Waals surface area contributed by atoms with Gasteiger partial charge in [0, 0.05) is 15.6 Å². The van der Waals surface area contributed by atoms with Crippen molar-refractivity contribution in [1.29, 1.82) is 10.5 Å². The number of aryl methyl sites for hydroxylation is 1. The molecule has 0 aliphatic heterocycles. The van der Waals surface area contributed by atoms with Crippen molar-refractivity contribution in [3.63, 3.8) is 0 Å². The number of hydrogen-bond acceptors (Lipinski definition) is 5. The number of aromatic hydroxyl groups is 1. The van der Waals surface area contributed by atoms with E-state index in [1.165, 1.54) is 0 Å². The predicted octanol–water partition coefficient (Wildman–Crippen LogP) is 3.95. The Bertz CT molecular complexity index is 815. The second-order valence-corrected chi connectivity index (χ2v) is 5.22. The SMILES string of the molecule is Cc1ccc(-c2ccccc2O)c(NN=C(C#N)C#N)c1Br. The lowest BCUT2D eigenvalue weighted by atomic mass is 10.0. The third-order valence-corrected chi connectivity index (χ3v) is 4.04. The molecule has 0 saturated carbocycles. The molecule has 0 heterocycles. The Balaban J connectivity index is 2.60. The molecule has 6 heteroatoms. The van der Waals surface area contributed by atoms with Gasteiger partial charge in [0.15, 0.2) is 0 Å². The Morgan fingerprint density at radius 3 is 2.45 bits per heavy atom. The third-order valence-electron chi connectivity index (χ3n) is 3.02. The number of nitrogens with zero attached hydrogens (tertiary/aromatic N) is 3. The van der Waals surface area contributed by atoms with Crippen molar-refractivity contribution in [1.82, 2.24) is 0 Å². The number of halogens is 1. The molecule has 0 spiro atoms. The molecular weight excluding hydrogens is 344 g/mol. The van der Waals surface area contributed by atoms with E-state index in [2.05, 4.69) is 26.5 Å². The fourth-order valence-electron chi connectivity index (χ4n) is 1.90. The lowest BCUT2D eigenvalue weighted by Crippen LogP contribution is -2.00. The van der Waals surface area contributed by atoms with E-state index in [4.69, 9.17) is 10.5 Å². The first-order valence-corrected chi connectivity index (χ1v) is 7.09. The van der Waals surface area contributed by atoms with Crippen LogP contribution in [0.15, 0.2) is 46.0 Å². The number of phenols is 1. The Hall–Kier alpha value is -2.83. The maximum atomic E-state index is 10.0. The number of rotatable bonds is 3. The average molecular weight is 355 g/mol. The molecule has 0 aromatic heterocycles. The summed E-state index contributed by atoms with van der Waals surface area (Å²) in [7, 11) is 0. The van der Waals surface area contributed by atoms with Gasteiger partial charge in [-0.15, -0.1) is 0 Å². The van der Waals surface area contributed by atoms with E-state index >= 15 is 0 Å². The quantitative estimate of drug-likeness (QED) is 0.644. The standard InChI is InChI=1S/C16H11BrN4O/c1-10-6-7-13(12-4-2-3-5-14(12)22)16(15(10)17)21-20-11(8-18)9-19/h2-7,21-22H,1H3. The molecule has 0 aliphatic rings. The van der Waals surface area contributed by atoms with Crippen LogP contribution in [0.2, 0.25) is 0 Å². The van der Waals surface area contributed by atoms with Crippen LogP contribution in [0.25, 0.3) is 11.1 Å². The van der Waals surface area contributed by atoms with Crippen LogP contribution >= 0.6 is 15.9 Å². The minimum atomic E-state index is -0.281. The largest absolute Gasteiger partial charge is 0.507 e. The van der Waals surface area contributed by atoms with E-state index in [1.54, 1.807) is 30.3 Å². The molecule has 0 unspecified atom stereocenters. The summed E-state index contributed by atoms with van der Waals surface area (Å²) in [5.74, 6) is 0.131. The van der Waals surface area contributed by atoms with Gasteiger partial charge in [-0.3, -0.25) is 5.43 Å². The van der Waals surface area contributed by atoms with E-state index in [9.17, 15) is 5.11 Å². The Morgan fingerprint density at radius 2 is 1.82 bits per heavy atom. The van der Waals surface area contributed by atoms with Crippen LogP contribution in [0, 0.1) is 29.6 Å². The van der Waals surface area contributed by atoms with Crippen LogP contribution in [0.3, 0.4) is 0 Å². The van der Waals surface area contributed by atoms with E-state index in [0.29, 0.717) is 16.8 Å². The summed E-state index contributed by atoms with van der Waals surface area (Å²) < 4.78 is 0.743. The lowest BCUT2D eigenvalue weighted by Gasteiger charge is -2.14. The van der Waals surface area contributed by atoms with Gasteiger partial charge >= 0.3 is 0 Å². The first-order chi connectivity index (χ1) is 10.6. The smallest absolute Gasteiger partial charge is 0.237 e. The van der Waals surface area contributed by atoms with Crippen molar-refractivity contribution in [3.8, 4) is 29.0 Å². The molecule has 0 amide bonds. The Morgan fingerprint density at radius 1 is 1.14 bits per heavy atom. The van der Waals surface area contributed by atoms with Crippen molar-refractivity contribution >= 4 is 27.3 Å². The predicted molar refractivity (Wildman–Crippen MR) is 88.3 cm³/mol. The van der Waals surface area contributed by atoms with Gasteiger partial charge in [0.05, 0.1) is 5.69 Å². The van der Waals surface area contributed by atoms with Crippen molar-refractivity contribution in [2.24, 2.45) is 5.10 Å². The second-order valence-electron chi connectivity index (χ2n) is 4.43. The molecular formula is C16H11BrN4O. The number of para-hydroxylation sites is 1. The summed E-state index contributed by atoms with van der Waals surface area (Å²) in [6, 6.07) is 14.0. The summed E-state index contributed by atoms with van der Waals surface area (Å²) in [6.07, 6.45) is 0. The number of anilines is 1. The number of nitriles is 2. The highest BCUT2D eigenvalue weighted by molar-refractivity contribution is 9.10. The number of benzene rings is 2. The molecule has 2 aromatic carbocycles. The summed E-state index contributed by atoms with van der Waals surface area (Å²) in [4.78, 5) is 0. The van der Waals surface area contributed by atoms with Crippen molar-refractivity contribution < 1.29 is 5.11 Å². The van der Waals surface area contributed by atoms with Crippen LogP contribution in [-0.4, -0.2) is 10.8 Å². The molecule has 108 valence electrons. The molecule has 2 rings (SSSR count). The van der Waals surface area contributed by atoms with Crippen molar-refractivity contribution in [3.05, 3.63) is 46.4 Å². The van der Waals surface area contributed by atoms with Crippen molar-refractivity contribution in [2.75, 3.05) is 5.43 Å². The zero-order chi connectivity index (χ0) is 16.1. The zero-order valence-corrected chi connectivity index (χ0v) is 13.2. The number of nitrogens with one attached hydrogen (secondary N) is 1. The highest BCUT2D eigenvalue weighted by Crippen LogP contribution is 2.39. The summed E-state index contributed by atoms with van der Waals surface area (Å²) in [5, 5.41) is 31.3. The van der Waals surface area contributed by atoms with Gasteiger partial charge in [0.25, 0.3) is 0 Å². The molecule has 2 N–H and O–H groups in total. The first kappa shape index (κ1) is 15.6. The van der Waals surface area contributed by atoms with E-state index in [1.807, 2.05) is 25.1 Å². The van der Waals surface area contributed by atoms with Gasteiger partial charge < -0.3 is 5.11 Å². The van der Waals surface area contributed by atoms with Gasteiger partial charge in [-0.05, 0) is 34.5 Å². The maximum absolute atomic E-state index is 10.0. The molecule has 0 radical (unpaired) electrons. The molecule has 0 bridgehead atoms. The molecule has 0 saturated heterocycles. The molecule has 0 atom stereocenters. The fraction of sp³-hybridized carbons (Fsp3) is 0.0625. The zero-order valence-electron chi connectivity index (χ0n) is 11.6. The molecule has 22 heavy (non-hydrogen) atoms. The summed E-state index contributed by atoms with van der Waals surface area (Å²) in [6.45, 7) is 1.91. The number of hydrazone groups is 1. The topological polar surface area (TPSA) is 92.2 Å². The van der Waals surface area contributed by atoms with Crippen LogP contribution in [0.1, 0.15) is 5.56 Å². The van der Waals surface area contributed by atoms with E-state index < -0.39 is 0 Å². The Labute approximate surface area is 136 Å². The summed E-state index contributed by atoms with van der Waals surface area (Å²) >= 11 is 3.47. The Kier molecular flexibility index (Phi) is 4.77. The van der Waals surface area contributed by atoms with Gasteiger partial charge in [-0.2, -0.15) is 15.6 Å². The number of hydrogen-bond donors (Lipinski definition) is 2. The van der Waals surface area contributed by atoms with E-state index in [0.717, 1.165) is 10.0 Å². The van der Waals surface area contributed by atoms with Crippen LogP contribution in [-0.2, 0) is 0 Å². The van der Waals surface area contributed by atoms with Gasteiger partial charge in [0.1, 0.15) is 17.9 Å². The minimum Gasteiger partial charge on any atom is -0.507 e. The summed E-state index contributed by atoms with van der Waals surface area (Å²) in [5.41, 5.74) is 5.30. The second kappa shape index (κ2) is 6.75. The maximum Gasteiger partial charge on any atom is 0.237 e. The molecule has 5 nitrogen and oxygen atoms in total. The highest BCUT2D eigenvalue weighted by Gasteiger charge is 2.13. The monoisotopic (exact) mass is 354 g/mol. The van der Waals surface area contributed by atoms with Crippen LogP contribution < -0.4 is 5.43 Å². The molecule has 0 fully saturated rings. The minimum absolute atomic E-state index is 0.131. The third kappa shape index (κ3) is 3.08. The molecule has 0 aliphatic carbocycles.